The topological polar surface area (TPSA) is 119 Å². The van der Waals surface area contributed by atoms with Gasteiger partial charge in [-0.3, -0.25) is 9.59 Å². The average Bonchev–Trinajstić information content (AvgIpc) is 2.63. The molecule has 2 rings (SSSR count). The minimum atomic E-state index is -1.24. The van der Waals surface area contributed by atoms with E-state index in [1.807, 2.05) is 0 Å². The maximum absolute atomic E-state index is 12.7. The number of hydrogen-bond donors (Lipinski definition) is 3. The molecule has 0 radical (unpaired) electrons. The molecule has 0 aromatic heterocycles. The van der Waals surface area contributed by atoms with Gasteiger partial charge in [-0.15, -0.1) is 0 Å². The molecule has 2 aromatic rings. The van der Waals surface area contributed by atoms with Crippen LogP contribution in [0, 0.1) is 0 Å². The van der Waals surface area contributed by atoms with Crippen LogP contribution in [-0.4, -0.2) is 36.0 Å². The molecular formula is C19H18Cl2N2O5. The Morgan fingerprint density at radius 3 is 2.32 bits per heavy atom. The number of ether oxygens (including phenoxy) is 1. The van der Waals surface area contributed by atoms with Crippen LogP contribution in [0.3, 0.4) is 0 Å². The van der Waals surface area contributed by atoms with Gasteiger partial charge in [-0.25, -0.2) is 4.79 Å². The molecule has 0 aliphatic carbocycles. The second-order valence-corrected chi connectivity index (χ2v) is 6.86. The van der Waals surface area contributed by atoms with Gasteiger partial charge in [0.2, 0.25) is 5.91 Å². The average molecular weight is 425 g/mol. The van der Waals surface area contributed by atoms with E-state index in [2.05, 4.69) is 5.32 Å². The minimum Gasteiger partial charge on any atom is -0.478 e. The zero-order valence-electron chi connectivity index (χ0n) is 15.0. The van der Waals surface area contributed by atoms with E-state index in [4.69, 9.17) is 38.8 Å². The fourth-order valence-electron chi connectivity index (χ4n) is 2.77. The Kier molecular flexibility index (Phi) is 7.01. The zero-order chi connectivity index (χ0) is 21.0. The number of amides is 2. The van der Waals surface area contributed by atoms with Crippen molar-refractivity contribution in [1.82, 2.24) is 5.32 Å². The number of carbonyl (C=O) groups excluding carboxylic acids is 2. The van der Waals surface area contributed by atoms with E-state index in [1.165, 1.54) is 19.2 Å². The van der Waals surface area contributed by atoms with Crippen molar-refractivity contribution in [2.24, 2.45) is 5.73 Å². The van der Waals surface area contributed by atoms with Gasteiger partial charge >= 0.3 is 5.97 Å². The molecule has 0 fully saturated rings. The highest BCUT2D eigenvalue weighted by molar-refractivity contribution is 6.35. The largest absolute Gasteiger partial charge is 0.478 e. The van der Waals surface area contributed by atoms with Crippen molar-refractivity contribution in [2.45, 2.75) is 19.1 Å². The molecule has 9 heteroatoms. The molecule has 0 heterocycles. The van der Waals surface area contributed by atoms with E-state index < -0.39 is 29.9 Å². The van der Waals surface area contributed by atoms with Gasteiger partial charge in [0.15, 0.2) is 0 Å². The SMILES string of the molecule is COC(c1ccc(Cl)cc1Cl)C(C)NC(=O)c1ccc(C(=O)O)cc1C(N)=O. The number of methoxy groups -OCH3 is 1. The van der Waals surface area contributed by atoms with Crippen LogP contribution in [0.1, 0.15) is 49.7 Å². The van der Waals surface area contributed by atoms with Gasteiger partial charge in [-0.1, -0.05) is 29.3 Å². The first kappa shape index (κ1) is 21.7. The molecule has 0 bridgehead atoms. The summed E-state index contributed by atoms with van der Waals surface area (Å²) in [4.78, 5) is 35.4. The summed E-state index contributed by atoms with van der Waals surface area (Å²) in [6.07, 6.45) is -0.593. The lowest BCUT2D eigenvalue weighted by molar-refractivity contribution is 0.0643. The van der Waals surface area contributed by atoms with Gasteiger partial charge in [0.05, 0.1) is 22.7 Å². The number of carboxylic acid groups (broad SMARTS) is 1. The molecule has 148 valence electrons. The highest BCUT2D eigenvalue weighted by Gasteiger charge is 2.25. The van der Waals surface area contributed by atoms with Crippen molar-refractivity contribution in [1.29, 1.82) is 0 Å². The molecule has 0 spiro atoms. The molecule has 7 nitrogen and oxygen atoms in total. The maximum Gasteiger partial charge on any atom is 0.335 e. The van der Waals surface area contributed by atoms with Crippen molar-refractivity contribution >= 4 is 41.0 Å². The van der Waals surface area contributed by atoms with Gasteiger partial charge in [-0.2, -0.15) is 0 Å². The van der Waals surface area contributed by atoms with E-state index in [9.17, 15) is 14.4 Å². The lowest BCUT2D eigenvalue weighted by atomic mass is 10.00. The monoisotopic (exact) mass is 424 g/mol. The number of carbonyl (C=O) groups is 3. The summed E-state index contributed by atoms with van der Waals surface area (Å²) in [6, 6.07) is 7.89. The van der Waals surface area contributed by atoms with E-state index in [1.54, 1.807) is 25.1 Å². The van der Waals surface area contributed by atoms with Crippen molar-refractivity contribution in [3.8, 4) is 0 Å². The molecule has 2 atom stereocenters. The van der Waals surface area contributed by atoms with Crippen LogP contribution in [-0.2, 0) is 4.74 Å². The Labute approximate surface area is 171 Å². The smallest absolute Gasteiger partial charge is 0.335 e. The number of hydrogen-bond acceptors (Lipinski definition) is 4. The van der Waals surface area contributed by atoms with Crippen molar-refractivity contribution in [2.75, 3.05) is 7.11 Å². The normalized spacial score (nSPS) is 12.9. The highest BCUT2D eigenvalue weighted by atomic mass is 35.5. The first-order valence-corrected chi connectivity index (χ1v) is 8.87. The quantitative estimate of drug-likeness (QED) is 0.629. The van der Waals surface area contributed by atoms with Gasteiger partial charge in [0.25, 0.3) is 5.91 Å². The van der Waals surface area contributed by atoms with Crippen LogP contribution < -0.4 is 11.1 Å². The first-order chi connectivity index (χ1) is 13.1. The Balaban J connectivity index is 2.30. The van der Waals surface area contributed by atoms with E-state index in [-0.39, 0.29) is 16.7 Å². The zero-order valence-corrected chi connectivity index (χ0v) is 16.5. The van der Waals surface area contributed by atoms with Gasteiger partial charge in [0.1, 0.15) is 6.10 Å². The number of carboxylic acids is 1. The van der Waals surface area contributed by atoms with Crippen molar-refractivity contribution in [3.63, 3.8) is 0 Å². The lowest BCUT2D eigenvalue weighted by Crippen LogP contribution is -2.38. The second-order valence-electron chi connectivity index (χ2n) is 6.01. The molecule has 2 unspecified atom stereocenters. The summed E-state index contributed by atoms with van der Waals surface area (Å²) in [7, 11) is 1.47. The molecule has 0 aliphatic heterocycles. The second kappa shape index (κ2) is 9.05. The van der Waals surface area contributed by atoms with Gasteiger partial charge < -0.3 is 20.9 Å². The van der Waals surface area contributed by atoms with Gasteiger partial charge in [0, 0.05) is 22.7 Å². The molecule has 0 aliphatic rings. The summed E-state index contributed by atoms with van der Waals surface area (Å²) < 4.78 is 5.47. The third-order valence-electron chi connectivity index (χ3n) is 4.11. The number of primary amides is 1. The first-order valence-electron chi connectivity index (χ1n) is 8.11. The third kappa shape index (κ3) is 4.81. The summed E-state index contributed by atoms with van der Waals surface area (Å²) in [5, 5.41) is 12.6. The number of benzene rings is 2. The van der Waals surface area contributed by atoms with Crippen LogP contribution >= 0.6 is 23.2 Å². The summed E-state index contributed by atoms with van der Waals surface area (Å²) in [5.74, 6) is -2.75. The Morgan fingerprint density at radius 1 is 1.11 bits per heavy atom. The molecule has 2 amide bonds. The highest BCUT2D eigenvalue weighted by Crippen LogP contribution is 2.30. The van der Waals surface area contributed by atoms with E-state index in [0.717, 1.165) is 6.07 Å². The Bertz CT molecular complexity index is 933. The van der Waals surface area contributed by atoms with Crippen LogP contribution in [0.25, 0.3) is 0 Å². The predicted octanol–water partition coefficient (Wildman–Crippen LogP) is 3.30. The van der Waals surface area contributed by atoms with Crippen LogP contribution in [0.5, 0.6) is 0 Å². The number of rotatable bonds is 7. The standard InChI is InChI=1S/C19H18Cl2N2O5/c1-9(16(28-2)13-6-4-11(20)8-15(13)21)23-18(25)12-5-3-10(19(26)27)7-14(12)17(22)24/h3-9,16H,1-2H3,(H2,22,24)(H,23,25)(H,26,27). The maximum atomic E-state index is 12.7. The number of nitrogens with two attached hydrogens (primary N) is 1. The minimum absolute atomic E-state index is 0.0404. The number of nitrogens with one attached hydrogen (secondary N) is 1. The van der Waals surface area contributed by atoms with E-state index in [0.29, 0.717) is 15.6 Å². The summed E-state index contributed by atoms with van der Waals surface area (Å²) >= 11 is 12.1. The van der Waals surface area contributed by atoms with Crippen molar-refractivity contribution in [3.05, 3.63) is 68.7 Å². The van der Waals surface area contributed by atoms with Crippen LogP contribution in [0.4, 0.5) is 0 Å². The van der Waals surface area contributed by atoms with Crippen LogP contribution in [0.15, 0.2) is 36.4 Å². The fourth-order valence-corrected chi connectivity index (χ4v) is 3.29. The molecule has 0 saturated carbocycles. The Morgan fingerprint density at radius 2 is 1.79 bits per heavy atom. The summed E-state index contributed by atoms with van der Waals surface area (Å²) in [5.41, 5.74) is 5.54. The number of aromatic carboxylic acids is 1. The molecule has 2 aromatic carbocycles. The predicted molar refractivity (Wildman–Crippen MR) is 105 cm³/mol. The van der Waals surface area contributed by atoms with Gasteiger partial charge in [-0.05, 0) is 37.3 Å². The molecule has 4 N–H and O–H groups in total. The molecule has 0 saturated heterocycles. The van der Waals surface area contributed by atoms with Crippen molar-refractivity contribution < 1.29 is 24.2 Å². The lowest BCUT2D eigenvalue weighted by Gasteiger charge is -2.25. The van der Waals surface area contributed by atoms with Crippen LogP contribution in [0.2, 0.25) is 10.0 Å². The fraction of sp³-hybridized carbons (Fsp3) is 0.211. The molecular weight excluding hydrogens is 407 g/mol. The Hall–Kier alpha value is -2.61. The molecule has 28 heavy (non-hydrogen) atoms. The summed E-state index contributed by atoms with van der Waals surface area (Å²) in [6.45, 7) is 1.70. The third-order valence-corrected chi connectivity index (χ3v) is 4.67. The van der Waals surface area contributed by atoms with E-state index >= 15 is 0 Å². The number of halogens is 2.